The van der Waals surface area contributed by atoms with Crippen molar-refractivity contribution in [3.8, 4) is 0 Å². The first-order chi connectivity index (χ1) is 14.7. The van der Waals surface area contributed by atoms with Gasteiger partial charge in [-0.15, -0.1) is 24.0 Å². The van der Waals surface area contributed by atoms with E-state index >= 15 is 0 Å². The van der Waals surface area contributed by atoms with Gasteiger partial charge >= 0.3 is 0 Å². The van der Waals surface area contributed by atoms with Crippen molar-refractivity contribution in [2.75, 3.05) is 44.3 Å². The van der Waals surface area contributed by atoms with Gasteiger partial charge in [-0.25, -0.2) is 9.98 Å². The molecule has 0 radical (unpaired) electrons. The molecule has 1 saturated carbocycles. The summed E-state index contributed by atoms with van der Waals surface area (Å²) in [6, 6.07) is 12.3. The maximum atomic E-state index is 6.21. The van der Waals surface area contributed by atoms with Crippen LogP contribution in [0.15, 0.2) is 47.6 Å². The Labute approximate surface area is 206 Å². The Morgan fingerprint density at radius 1 is 1.19 bits per heavy atom. The van der Waals surface area contributed by atoms with E-state index in [-0.39, 0.29) is 29.4 Å². The molecule has 0 unspecified atom stereocenters. The number of hydrogen-bond donors (Lipinski definition) is 2. The van der Waals surface area contributed by atoms with E-state index in [1.165, 1.54) is 18.4 Å². The van der Waals surface area contributed by atoms with E-state index < -0.39 is 0 Å². The van der Waals surface area contributed by atoms with Crippen LogP contribution in [0.4, 0.5) is 5.82 Å². The summed E-state index contributed by atoms with van der Waals surface area (Å²) in [4.78, 5) is 11.8. The standard InChI is InChI=1S/C23H30ClN5O.HI/c1-2-25-22(28-17-23(8-9-23)19-6-3-7-20(24)15-19)27-16-18-5-4-10-26-21(18)29-11-13-30-14-12-29;/h3-7,10,15H,2,8-9,11-14,16-17H2,1H3,(H2,25,27,28);1H. The highest BCUT2D eigenvalue weighted by molar-refractivity contribution is 14.0. The molecule has 2 aliphatic rings. The Balaban J connectivity index is 0.00000272. The fourth-order valence-corrected chi connectivity index (χ4v) is 4.10. The van der Waals surface area contributed by atoms with Crippen LogP contribution in [0, 0.1) is 0 Å². The number of aliphatic imine (C=N–C) groups is 1. The topological polar surface area (TPSA) is 61.8 Å². The van der Waals surface area contributed by atoms with E-state index in [1.807, 2.05) is 24.4 Å². The lowest BCUT2D eigenvalue weighted by molar-refractivity contribution is 0.122. The molecule has 1 aliphatic carbocycles. The lowest BCUT2D eigenvalue weighted by atomic mass is 9.96. The van der Waals surface area contributed by atoms with Crippen molar-refractivity contribution in [2.24, 2.45) is 4.99 Å². The number of aromatic nitrogens is 1. The Morgan fingerprint density at radius 3 is 2.71 bits per heavy atom. The van der Waals surface area contributed by atoms with E-state index in [0.29, 0.717) is 6.54 Å². The summed E-state index contributed by atoms with van der Waals surface area (Å²) in [5.74, 6) is 1.85. The molecule has 1 aromatic heterocycles. The molecule has 168 valence electrons. The molecule has 0 bridgehead atoms. The third kappa shape index (κ3) is 6.23. The fourth-order valence-electron chi connectivity index (χ4n) is 3.91. The minimum Gasteiger partial charge on any atom is -0.378 e. The molecule has 2 heterocycles. The molecule has 31 heavy (non-hydrogen) atoms. The van der Waals surface area contributed by atoms with Crippen molar-refractivity contribution in [1.82, 2.24) is 15.6 Å². The zero-order valence-electron chi connectivity index (χ0n) is 17.9. The van der Waals surface area contributed by atoms with Gasteiger partial charge in [0, 0.05) is 48.4 Å². The SMILES string of the molecule is CCNC(=NCc1cccnc1N1CCOCC1)NCC1(c2cccc(Cl)c2)CC1.I. The van der Waals surface area contributed by atoms with Gasteiger partial charge in [-0.2, -0.15) is 0 Å². The van der Waals surface area contributed by atoms with Crippen LogP contribution in [-0.2, 0) is 16.7 Å². The van der Waals surface area contributed by atoms with Crippen LogP contribution >= 0.6 is 35.6 Å². The van der Waals surface area contributed by atoms with Gasteiger partial charge in [0.2, 0.25) is 0 Å². The van der Waals surface area contributed by atoms with E-state index in [0.717, 1.165) is 61.8 Å². The second kappa shape index (κ2) is 11.3. The average molecular weight is 556 g/mol. The van der Waals surface area contributed by atoms with Crippen molar-refractivity contribution < 1.29 is 4.74 Å². The zero-order chi connectivity index (χ0) is 20.8. The number of morpholine rings is 1. The van der Waals surface area contributed by atoms with Crippen LogP contribution in [-0.4, -0.2) is 50.3 Å². The molecule has 2 fully saturated rings. The molecular formula is C23H31ClIN5O. The highest BCUT2D eigenvalue weighted by Gasteiger charge is 2.44. The molecule has 8 heteroatoms. The van der Waals surface area contributed by atoms with Crippen LogP contribution in [0.2, 0.25) is 5.02 Å². The molecule has 2 aromatic rings. The summed E-state index contributed by atoms with van der Waals surface area (Å²) in [6.45, 7) is 7.57. The average Bonchev–Trinajstić information content (AvgIpc) is 3.58. The fraction of sp³-hybridized carbons (Fsp3) is 0.478. The van der Waals surface area contributed by atoms with Gasteiger partial charge in [0.25, 0.3) is 0 Å². The molecule has 6 nitrogen and oxygen atoms in total. The van der Waals surface area contributed by atoms with Crippen LogP contribution in [0.3, 0.4) is 0 Å². The van der Waals surface area contributed by atoms with E-state index in [4.69, 9.17) is 21.3 Å². The number of pyridine rings is 1. The Hall–Kier alpha value is -1.58. The van der Waals surface area contributed by atoms with Crippen LogP contribution < -0.4 is 15.5 Å². The number of hydrogen-bond acceptors (Lipinski definition) is 4. The summed E-state index contributed by atoms with van der Waals surface area (Å²) in [7, 11) is 0. The summed E-state index contributed by atoms with van der Waals surface area (Å²) in [5, 5.41) is 7.72. The first-order valence-electron chi connectivity index (χ1n) is 10.7. The van der Waals surface area contributed by atoms with Gasteiger partial charge in [-0.05, 0) is 43.5 Å². The van der Waals surface area contributed by atoms with Crippen molar-refractivity contribution in [3.05, 3.63) is 58.7 Å². The Bertz CT molecular complexity index is 884. The number of benzene rings is 1. The van der Waals surface area contributed by atoms with Gasteiger partial charge in [0.1, 0.15) is 5.82 Å². The Morgan fingerprint density at radius 2 is 2.00 bits per heavy atom. The van der Waals surface area contributed by atoms with E-state index in [2.05, 4.69) is 45.6 Å². The third-order valence-corrected chi connectivity index (χ3v) is 6.05. The summed E-state index contributed by atoms with van der Waals surface area (Å²) >= 11 is 6.21. The largest absolute Gasteiger partial charge is 0.378 e. The molecule has 1 aromatic carbocycles. The zero-order valence-corrected chi connectivity index (χ0v) is 21.0. The second-order valence-corrected chi connectivity index (χ2v) is 8.36. The van der Waals surface area contributed by atoms with Crippen molar-refractivity contribution in [2.45, 2.75) is 31.7 Å². The molecule has 1 saturated heterocycles. The molecule has 4 rings (SSSR count). The molecule has 0 atom stereocenters. The van der Waals surface area contributed by atoms with Crippen molar-refractivity contribution in [1.29, 1.82) is 0 Å². The van der Waals surface area contributed by atoms with Crippen LogP contribution in [0.25, 0.3) is 0 Å². The predicted octanol–water partition coefficient (Wildman–Crippen LogP) is 3.98. The lowest BCUT2D eigenvalue weighted by Crippen LogP contribution is -2.41. The first kappa shape index (κ1) is 24.1. The first-order valence-corrected chi connectivity index (χ1v) is 11.1. The van der Waals surface area contributed by atoms with Crippen molar-refractivity contribution in [3.63, 3.8) is 0 Å². The highest BCUT2D eigenvalue weighted by Crippen LogP contribution is 2.48. The highest BCUT2D eigenvalue weighted by atomic mass is 127. The monoisotopic (exact) mass is 555 g/mol. The van der Waals surface area contributed by atoms with Gasteiger partial charge in [-0.3, -0.25) is 0 Å². The minimum atomic E-state index is 0. The third-order valence-electron chi connectivity index (χ3n) is 5.81. The minimum absolute atomic E-state index is 0. The maximum absolute atomic E-state index is 6.21. The van der Waals surface area contributed by atoms with Gasteiger partial charge in [0.05, 0.1) is 19.8 Å². The molecule has 0 amide bonds. The van der Waals surface area contributed by atoms with E-state index in [9.17, 15) is 0 Å². The van der Waals surface area contributed by atoms with Crippen LogP contribution in [0.5, 0.6) is 0 Å². The quantitative estimate of drug-likeness (QED) is 0.308. The number of halogens is 2. The van der Waals surface area contributed by atoms with E-state index in [1.54, 1.807) is 0 Å². The van der Waals surface area contributed by atoms with Gasteiger partial charge in [0.15, 0.2) is 5.96 Å². The Kier molecular flexibility index (Phi) is 8.80. The number of nitrogens with zero attached hydrogens (tertiary/aromatic N) is 3. The summed E-state index contributed by atoms with van der Waals surface area (Å²) in [5.41, 5.74) is 2.60. The second-order valence-electron chi connectivity index (χ2n) is 7.92. The molecule has 0 spiro atoms. The normalized spacial score (nSPS) is 17.6. The lowest BCUT2D eigenvalue weighted by Gasteiger charge is -2.29. The smallest absolute Gasteiger partial charge is 0.191 e. The predicted molar refractivity (Wildman–Crippen MR) is 138 cm³/mol. The molecule has 1 aliphatic heterocycles. The van der Waals surface area contributed by atoms with Gasteiger partial charge < -0.3 is 20.3 Å². The van der Waals surface area contributed by atoms with Crippen LogP contribution in [0.1, 0.15) is 30.9 Å². The summed E-state index contributed by atoms with van der Waals surface area (Å²) < 4.78 is 5.48. The summed E-state index contributed by atoms with van der Waals surface area (Å²) in [6.07, 6.45) is 4.19. The number of ether oxygens (including phenoxy) is 1. The number of guanidine groups is 1. The number of nitrogens with one attached hydrogen (secondary N) is 2. The van der Waals surface area contributed by atoms with Gasteiger partial charge in [-0.1, -0.05) is 29.8 Å². The number of rotatable bonds is 7. The number of anilines is 1. The maximum Gasteiger partial charge on any atom is 0.191 e. The van der Waals surface area contributed by atoms with Crippen molar-refractivity contribution >= 4 is 47.4 Å². The molecular weight excluding hydrogens is 525 g/mol. The molecule has 2 N–H and O–H groups in total.